The number of nitrogens with one attached hydrogen (secondary N) is 1. The zero-order chi connectivity index (χ0) is 14.0. The molecule has 0 aliphatic rings. The molecule has 0 aromatic carbocycles. The van der Waals surface area contributed by atoms with Gasteiger partial charge in [-0.05, 0) is 31.9 Å². The van der Waals surface area contributed by atoms with E-state index < -0.39 is 21.5 Å². The molecule has 0 aliphatic heterocycles. The molecule has 18 heavy (non-hydrogen) atoms. The summed E-state index contributed by atoms with van der Waals surface area (Å²) in [6, 6.07) is 3.18. The number of carboxylic acid groups (broad SMARTS) is 1. The summed E-state index contributed by atoms with van der Waals surface area (Å²) in [6.45, 7) is 5.10. The van der Waals surface area contributed by atoms with Gasteiger partial charge in [0.05, 0.1) is 0 Å². The second kappa shape index (κ2) is 5.38. The summed E-state index contributed by atoms with van der Waals surface area (Å²) >= 11 is 1.12. The highest BCUT2D eigenvalue weighted by Crippen LogP contribution is 2.24. The third-order valence-corrected chi connectivity index (χ3v) is 5.96. The molecule has 5 nitrogen and oxygen atoms in total. The molecule has 0 spiro atoms. The first kappa shape index (κ1) is 15.1. The van der Waals surface area contributed by atoms with Crippen molar-refractivity contribution in [3.8, 4) is 0 Å². The van der Waals surface area contributed by atoms with Gasteiger partial charge in [-0.2, -0.15) is 4.72 Å². The standard InChI is InChI=1S/C11H17NO4S2/c1-4-11(5-2,10(13)14)12-18(15,16)9-7-6-8(3)17-9/h6-7,12H,4-5H2,1-3H3,(H,13,14). The molecule has 0 fully saturated rings. The van der Waals surface area contributed by atoms with E-state index in [0.717, 1.165) is 16.2 Å². The van der Waals surface area contributed by atoms with E-state index in [2.05, 4.69) is 4.72 Å². The van der Waals surface area contributed by atoms with Gasteiger partial charge >= 0.3 is 5.97 Å². The molecular weight excluding hydrogens is 274 g/mol. The van der Waals surface area contributed by atoms with Gasteiger partial charge in [-0.25, -0.2) is 8.42 Å². The summed E-state index contributed by atoms with van der Waals surface area (Å²) in [5, 5.41) is 9.22. The smallest absolute Gasteiger partial charge is 0.324 e. The fourth-order valence-electron chi connectivity index (χ4n) is 1.60. The highest BCUT2D eigenvalue weighted by atomic mass is 32.2. The van der Waals surface area contributed by atoms with Crippen LogP contribution in [-0.4, -0.2) is 25.0 Å². The first-order valence-corrected chi connectivity index (χ1v) is 7.91. The zero-order valence-electron chi connectivity index (χ0n) is 10.6. The minimum absolute atomic E-state index is 0.146. The van der Waals surface area contributed by atoms with Crippen molar-refractivity contribution in [3.05, 3.63) is 17.0 Å². The van der Waals surface area contributed by atoms with E-state index in [1.165, 1.54) is 6.07 Å². The number of carbonyl (C=O) groups is 1. The maximum Gasteiger partial charge on any atom is 0.324 e. The normalized spacial score (nSPS) is 12.6. The van der Waals surface area contributed by atoms with Crippen LogP contribution in [0.15, 0.2) is 16.3 Å². The van der Waals surface area contributed by atoms with Crippen molar-refractivity contribution >= 4 is 27.3 Å². The molecule has 1 heterocycles. The number of thiophene rings is 1. The molecule has 0 saturated carbocycles. The highest BCUT2D eigenvalue weighted by Gasteiger charge is 2.39. The number of aryl methyl sites for hydroxylation is 1. The Morgan fingerprint density at radius 3 is 2.28 bits per heavy atom. The van der Waals surface area contributed by atoms with Crippen LogP contribution >= 0.6 is 11.3 Å². The first-order valence-electron chi connectivity index (χ1n) is 5.61. The molecule has 0 saturated heterocycles. The van der Waals surface area contributed by atoms with Crippen molar-refractivity contribution in [3.63, 3.8) is 0 Å². The fraction of sp³-hybridized carbons (Fsp3) is 0.545. The van der Waals surface area contributed by atoms with Gasteiger partial charge < -0.3 is 5.11 Å². The van der Waals surface area contributed by atoms with E-state index in [4.69, 9.17) is 0 Å². The van der Waals surface area contributed by atoms with Crippen LogP contribution in [0.2, 0.25) is 0 Å². The van der Waals surface area contributed by atoms with Gasteiger partial charge in [0.2, 0.25) is 0 Å². The highest BCUT2D eigenvalue weighted by molar-refractivity contribution is 7.91. The average molecular weight is 291 g/mol. The lowest BCUT2D eigenvalue weighted by Crippen LogP contribution is -2.53. The number of carboxylic acids is 1. The van der Waals surface area contributed by atoms with E-state index in [0.29, 0.717) is 0 Å². The van der Waals surface area contributed by atoms with Crippen LogP contribution < -0.4 is 4.72 Å². The van der Waals surface area contributed by atoms with Gasteiger partial charge in [0, 0.05) is 4.88 Å². The Bertz CT molecular complexity index is 529. The molecule has 0 atom stereocenters. The first-order chi connectivity index (χ1) is 8.27. The van der Waals surface area contributed by atoms with E-state index in [1.54, 1.807) is 26.8 Å². The molecule has 2 N–H and O–H groups in total. The molecule has 0 bridgehead atoms. The third kappa shape index (κ3) is 2.90. The number of rotatable bonds is 6. The lowest BCUT2D eigenvalue weighted by molar-refractivity contribution is -0.144. The summed E-state index contributed by atoms with van der Waals surface area (Å²) in [5.41, 5.74) is -1.43. The molecule has 1 aromatic heterocycles. The van der Waals surface area contributed by atoms with Gasteiger partial charge in [-0.15, -0.1) is 11.3 Å². The Labute approximate surface area is 111 Å². The van der Waals surface area contributed by atoms with E-state index in [1.807, 2.05) is 0 Å². The van der Waals surface area contributed by atoms with Crippen molar-refractivity contribution in [1.82, 2.24) is 4.72 Å². The molecule has 0 amide bonds. The Kier molecular flexibility index (Phi) is 4.52. The van der Waals surface area contributed by atoms with Gasteiger partial charge in [0.25, 0.3) is 10.0 Å². The van der Waals surface area contributed by atoms with Gasteiger partial charge in [0.1, 0.15) is 9.75 Å². The lowest BCUT2D eigenvalue weighted by atomic mass is 9.95. The number of aliphatic carboxylic acids is 1. The van der Waals surface area contributed by atoms with Crippen LogP contribution in [0.4, 0.5) is 0 Å². The Morgan fingerprint density at radius 1 is 1.39 bits per heavy atom. The number of sulfonamides is 1. The largest absolute Gasteiger partial charge is 0.480 e. The molecular formula is C11H17NO4S2. The molecule has 7 heteroatoms. The van der Waals surface area contributed by atoms with E-state index >= 15 is 0 Å². The van der Waals surface area contributed by atoms with Crippen molar-refractivity contribution in [2.24, 2.45) is 0 Å². The van der Waals surface area contributed by atoms with Crippen LogP contribution in [-0.2, 0) is 14.8 Å². The maximum atomic E-state index is 12.1. The van der Waals surface area contributed by atoms with Crippen LogP contribution in [0.1, 0.15) is 31.6 Å². The molecule has 102 valence electrons. The van der Waals surface area contributed by atoms with Crippen molar-refractivity contribution in [2.45, 2.75) is 43.4 Å². The molecule has 0 unspecified atom stereocenters. The third-order valence-electron chi connectivity index (χ3n) is 2.93. The van der Waals surface area contributed by atoms with Crippen LogP contribution in [0, 0.1) is 6.92 Å². The Balaban J connectivity index is 3.11. The average Bonchev–Trinajstić information content (AvgIpc) is 2.73. The monoisotopic (exact) mass is 291 g/mol. The predicted octanol–water partition coefficient (Wildman–Crippen LogP) is 1.98. The van der Waals surface area contributed by atoms with Crippen LogP contribution in [0.25, 0.3) is 0 Å². The summed E-state index contributed by atoms with van der Waals surface area (Å²) in [7, 11) is -3.78. The van der Waals surface area contributed by atoms with Crippen LogP contribution in [0.5, 0.6) is 0 Å². The fourth-order valence-corrected chi connectivity index (χ4v) is 4.39. The lowest BCUT2D eigenvalue weighted by Gasteiger charge is -2.27. The van der Waals surface area contributed by atoms with Crippen LogP contribution in [0.3, 0.4) is 0 Å². The van der Waals surface area contributed by atoms with E-state index in [9.17, 15) is 18.3 Å². The number of hydrogen-bond acceptors (Lipinski definition) is 4. The quantitative estimate of drug-likeness (QED) is 0.839. The Morgan fingerprint density at radius 2 is 1.94 bits per heavy atom. The van der Waals surface area contributed by atoms with E-state index in [-0.39, 0.29) is 17.1 Å². The van der Waals surface area contributed by atoms with Crippen molar-refractivity contribution < 1.29 is 18.3 Å². The van der Waals surface area contributed by atoms with Crippen molar-refractivity contribution in [2.75, 3.05) is 0 Å². The zero-order valence-corrected chi connectivity index (χ0v) is 12.2. The van der Waals surface area contributed by atoms with Gasteiger partial charge in [0.15, 0.2) is 0 Å². The molecule has 1 aromatic rings. The topological polar surface area (TPSA) is 83.5 Å². The second-order valence-electron chi connectivity index (χ2n) is 4.06. The number of hydrogen-bond donors (Lipinski definition) is 2. The summed E-state index contributed by atoms with van der Waals surface area (Å²) < 4.78 is 26.7. The summed E-state index contributed by atoms with van der Waals surface area (Å²) in [5.74, 6) is -1.15. The summed E-state index contributed by atoms with van der Waals surface area (Å²) in [6.07, 6.45) is 0.394. The Hall–Kier alpha value is -0.920. The maximum absolute atomic E-state index is 12.1. The predicted molar refractivity (Wildman–Crippen MR) is 70.3 cm³/mol. The molecule has 0 aliphatic carbocycles. The molecule has 1 rings (SSSR count). The SMILES string of the molecule is CCC(CC)(NS(=O)(=O)c1ccc(C)s1)C(=O)O. The van der Waals surface area contributed by atoms with Crippen molar-refractivity contribution in [1.29, 1.82) is 0 Å². The summed E-state index contributed by atoms with van der Waals surface area (Å²) in [4.78, 5) is 12.1. The van der Waals surface area contributed by atoms with Gasteiger partial charge in [-0.3, -0.25) is 4.79 Å². The van der Waals surface area contributed by atoms with Gasteiger partial charge in [-0.1, -0.05) is 13.8 Å². The second-order valence-corrected chi connectivity index (χ2v) is 7.26. The molecule has 0 radical (unpaired) electrons. The minimum Gasteiger partial charge on any atom is -0.480 e. The minimum atomic E-state index is -3.78.